The first-order chi connectivity index (χ1) is 13.4. The number of hydrogen-bond donors (Lipinski definition) is 1. The molecule has 1 aromatic carbocycles. The van der Waals surface area contributed by atoms with Gasteiger partial charge in [-0.1, -0.05) is 0 Å². The third-order valence-electron chi connectivity index (χ3n) is 3.92. The molecule has 0 atom stereocenters. The highest BCUT2D eigenvalue weighted by Gasteiger charge is 2.17. The van der Waals surface area contributed by atoms with Crippen LogP contribution in [0.3, 0.4) is 0 Å². The molecule has 0 bridgehead atoms. The van der Waals surface area contributed by atoms with Crippen LogP contribution in [0, 0.1) is 24.0 Å². The number of amides is 1. The monoisotopic (exact) mass is 395 g/mol. The van der Waals surface area contributed by atoms with Crippen LogP contribution in [-0.2, 0) is 0 Å². The van der Waals surface area contributed by atoms with E-state index < -0.39 is 10.8 Å². The molecule has 28 heavy (non-hydrogen) atoms. The summed E-state index contributed by atoms with van der Waals surface area (Å²) in [6.07, 6.45) is 0. The molecule has 0 unspecified atom stereocenters. The molecular formula is C17H13N7O3S. The van der Waals surface area contributed by atoms with E-state index in [-0.39, 0.29) is 11.5 Å². The van der Waals surface area contributed by atoms with Gasteiger partial charge in [0.15, 0.2) is 5.13 Å². The second kappa shape index (κ2) is 6.78. The molecule has 0 spiro atoms. The molecule has 140 valence electrons. The van der Waals surface area contributed by atoms with Crippen molar-refractivity contribution in [1.29, 1.82) is 0 Å². The Bertz CT molecular complexity index is 1210. The minimum absolute atomic E-state index is 0.00423. The first-order valence-corrected chi connectivity index (χ1v) is 9.01. The van der Waals surface area contributed by atoms with Gasteiger partial charge in [0.2, 0.25) is 5.82 Å². The number of nitrogens with zero attached hydrogens (tertiary/aromatic N) is 6. The largest absolute Gasteiger partial charge is 0.297 e. The fraction of sp³-hybridized carbons (Fsp3) is 0.118. The van der Waals surface area contributed by atoms with Gasteiger partial charge in [0.05, 0.1) is 10.6 Å². The third kappa shape index (κ3) is 3.30. The van der Waals surface area contributed by atoms with E-state index in [1.54, 1.807) is 17.5 Å². The molecule has 0 aliphatic carbocycles. The molecule has 4 rings (SSSR count). The van der Waals surface area contributed by atoms with Crippen molar-refractivity contribution in [2.24, 2.45) is 0 Å². The Kier molecular flexibility index (Phi) is 4.28. The standard InChI is InChI=1S/C17H13N7O3S/c1-9-7-10(2)23-16(18-9)20-14(22-23)15(25)21-17-19-13(8-28-17)11-3-5-12(6-4-11)24(26)27/h3-8H,1-2H3,(H,19,21,25). The van der Waals surface area contributed by atoms with E-state index in [1.807, 2.05) is 19.9 Å². The van der Waals surface area contributed by atoms with E-state index in [9.17, 15) is 14.9 Å². The van der Waals surface area contributed by atoms with Crippen molar-refractivity contribution >= 4 is 33.8 Å². The SMILES string of the molecule is Cc1cc(C)n2nc(C(=O)Nc3nc(-c4ccc([N+](=O)[O-])cc4)cs3)nc2n1. The Labute approximate surface area is 162 Å². The van der Waals surface area contributed by atoms with Gasteiger partial charge in [-0.2, -0.15) is 4.98 Å². The number of aromatic nitrogens is 5. The molecule has 1 amide bonds. The number of hydrogen-bond acceptors (Lipinski definition) is 8. The van der Waals surface area contributed by atoms with Crippen LogP contribution in [0.4, 0.5) is 10.8 Å². The van der Waals surface area contributed by atoms with Gasteiger partial charge in [-0.25, -0.2) is 14.5 Å². The topological polar surface area (TPSA) is 128 Å². The van der Waals surface area contributed by atoms with Crippen molar-refractivity contribution in [3.8, 4) is 11.3 Å². The van der Waals surface area contributed by atoms with Gasteiger partial charge in [0.25, 0.3) is 17.4 Å². The summed E-state index contributed by atoms with van der Waals surface area (Å²) in [4.78, 5) is 35.5. The van der Waals surface area contributed by atoms with E-state index in [0.29, 0.717) is 22.2 Å². The molecule has 10 nitrogen and oxygen atoms in total. The van der Waals surface area contributed by atoms with Gasteiger partial charge < -0.3 is 0 Å². The summed E-state index contributed by atoms with van der Waals surface area (Å²) in [5.74, 6) is -0.145. The third-order valence-corrected chi connectivity index (χ3v) is 4.68. The number of thiazole rings is 1. The molecule has 0 aliphatic rings. The number of anilines is 1. The molecule has 0 saturated heterocycles. The minimum atomic E-state index is -0.493. The lowest BCUT2D eigenvalue weighted by Gasteiger charge is -1.98. The van der Waals surface area contributed by atoms with Gasteiger partial charge in [-0.15, -0.1) is 16.4 Å². The zero-order valence-corrected chi connectivity index (χ0v) is 15.6. The lowest BCUT2D eigenvalue weighted by molar-refractivity contribution is -0.384. The van der Waals surface area contributed by atoms with Crippen molar-refractivity contribution in [1.82, 2.24) is 24.6 Å². The predicted octanol–water partition coefficient (Wildman–Crippen LogP) is 3.03. The maximum absolute atomic E-state index is 12.5. The smallest absolute Gasteiger partial charge is 0.295 e. The quantitative estimate of drug-likeness (QED) is 0.415. The Hall–Kier alpha value is -3.73. The fourth-order valence-corrected chi connectivity index (χ4v) is 3.35. The Morgan fingerprint density at radius 3 is 2.64 bits per heavy atom. The van der Waals surface area contributed by atoms with Crippen molar-refractivity contribution in [2.75, 3.05) is 5.32 Å². The number of carbonyl (C=O) groups excluding carboxylic acids is 1. The zero-order chi connectivity index (χ0) is 19.8. The summed E-state index contributed by atoms with van der Waals surface area (Å²) in [5, 5.41) is 19.7. The van der Waals surface area contributed by atoms with Crippen molar-refractivity contribution in [3.63, 3.8) is 0 Å². The summed E-state index contributed by atoms with van der Waals surface area (Å²) in [5.41, 5.74) is 2.93. The number of nitro groups is 1. The maximum atomic E-state index is 12.5. The zero-order valence-electron chi connectivity index (χ0n) is 14.8. The Balaban J connectivity index is 1.54. The van der Waals surface area contributed by atoms with Gasteiger partial charge >= 0.3 is 0 Å². The lowest BCUT2D eigenvalue weighted by atomic mass is 10.1. The summed E-state index contributed by atoms with van der Waals surface area (Å²) < 4.78 is 1.51. The molecule has 4 aromatic rings. The normalized spacial score (nSPS) is 10.9. The number of non-ortho nitro benzene ring substituents is 1. The number of aryl methyl sites for hydroxylation is 2. The highest BCUT2D eigenvalue weighted by Crippen LogP contribution is 2.26. The van der Waals surface area contributed by atoms with E-state index in [1.165, 1.54) is 28.0 Å². The molecule has 0 fully saturated rings. The molecular weight excluding hydrogens is 382 g/mol. The van der Waals surface area contributed by atoms with Crippen molar-refractivity contribution in [3.05, 3.63) is 63.0 Å². The highest BCUT2D eigenvalue weighted by atomic mass is 32.1. The predicted molar refractivity (Wildman–Crippen MR) is 102 cm³/mol. The summed E-state index contributed by atoms with van der Waals surface area (Å²) in [6, 6.07) is 7.88. The first kappa shape index (κ1) is 17.7. The molecule has 0 saturated carbocycles. The molecule has 0 aliphatic heterocycles. The number of nitro benzene ring substituents is 1. The second-order valence-electron chi connectivity index (χ2n) is 5.98. The summed E-state index contributed by atoms with van der Waals surface area (Å²) in [6.45, 7) is 3.70. The van der Waals surface area contributed by atoms with Crippen molar-refractivity contribution in [2.45, 2.75) is 13.8 Å². The van der Waals surface area contributed by atoms with Crippen LogP contribution in [0.1, 0.15) is 22.0 Å². The number of rotatable bonds is 4. The molecule has 1 N–H and O–H groups in total. The van der Waals surface area contributed by atoms with E-state index in [2.05, 4.69) is 25.4 Å². The molecule has 3 heterocycles. The Morgan fingerprint density at radius 2 is 1.93 bits per heavy atom. The average Bonchev–Trinajstić information content (AvgIpc) is 3.29. The van der Waals surface area contributed by atoms with Gasteiger partial charge in [-0.3, -0.25) is 20.2 Å². The van der Waals surface area contributed by atoms with Crippen LogP contribution >= 0.6 is 11.3 Å². The highest BCUT2D eigenvalue weighted by molar-refractivity contribution is 7.14. The maximum Gasteiger partial charge on any atom is 0.297 e. The van der Waals surface area contributed by atoms with Crippen molar-refractivity contribution < 1.29 is 9.72 Å². The number of fused-ring (bicyclic) bond motifs is 1. The van der Waals surface area contributed by atoms with Gasteiger partial charge in [0.1, 0.15) is 0 Å². The van der Waals surface area contributed by atoms with E-state index in [0.717, 1.165) is 11.4 Å². The number of benzene rings is 1. The van der Waals surface area contributed by atoms with Gasteiger partial charge in [0, 0.05) is 34.5 Å². The summed E-state index contributed by atoms with van der Waals surface area (Å²) in [7, 11) is 0. The number of carbonyl (C=O) groups is 1. The number of nitrogens with one attached hydrogen (secondary N) is 1. The van der Waals surface area contributed by atoms with E-state index >= 15 is 0 Å². The fourth-order valence-electron chi connectivity index (χ4n) is 2.63. The van der Waals surface area contributed by atoms with Crippen LogP contribution in [0.25, 0.3) is 17.0 Å². The van der Waals surface area contributed by atoms with Crippen LogP contribution in [-0.4, -0.2) is 35.4 Å². The first-order valence-electron chi connectivity index (χ1n) is 8.13. The van der Waals surface area contributed by atoms with Gasteiger partial charge in [-0.05, 0) is 32.0 Å². The molecule has 11 heteroatoms. The molecule has 0 radical (unpaired) electrons. The van der Waals surface area contributed by atoms with Crippen LogP contribution < -0.4 is 5.32 Å². The second-order valence-corrected chi connectivity index (χ2v) is 6.84. The average molecular weight is 395 g/mol. The van der Waals surface area contributed by atoms with Crippen LogP contribution in [0.2, 0.25) is 0 Å². The minimum Gasteiger partial charge on any atom is -0.295 e. The summed E-state index contributed by atoms with van der Waals surface area (Å²) >= 11 is 1.24. The lowest BCUT2D eigenvalue weighted by Crippen LogP contribution is -2.13. The van der Waals surface area contributed by atoms with Crippen LogP contribution in [0.15, 0.2) is 35.7 Å². The molecule has 3 aromatic heterocycles. The Morgan fingerprint density at radius 1 is 1.18 bits per heavy atom. The van der Waals surface area contributed by atoms with E-state index in [4.69, 9.17) is 0 Å². The van der Waals surface area contributed by atoms with Crippen LogP contribution in [0.5, 0.6) is 0 Å².